The summed E-state index contributed by atoms with van der Waals surface area (Å²) in [7, 11) is 2.07. The zero-order chi connectivity index (χ0) is 13.8. The molecule has 1 aromatic rings. The minimum absolute atomic E-state index is 0.112. The van der Waals surface area contributed by atoms with Crippen LogP contribution in [-0.4, -0.2) is 48.5 Å². The Balaban J connectivity index is 1.99. The standard InChI is InChI=1S/C12H21N5OS/c1-3-14-12-16-10(13)9(19-12)11(18)15-8-5-4-6-17(2)7-8/h8H,3-7,13H2,1-2H3,(H,14,16)(H,15,18). The van der Waals surface area contributed by atoms with Crippen molar-refractivity contribution in [3.63, 3.8) is 0 Å². The van der Waals surface area contributed by atoms with Gasteiger partial charge >= 0.3 is 0 Å². The highest BCUT2D eigenvalue weighted by Gasteiger charge is 2.22. The summed E-state index contributed by atoms with van der Waals surface area (Å²) in [4.78, 5) is 19.1. The number of thiazole rings is 1. The van der Waals surface area contributed by atoms with E-state index >= 15 is 0 Å². The second-order valence-electron chi connectivity index (χ2n) is 4.84. The quantitative estimate of drug-likeness (QED) is 0.767. The van der Waals surface area contributed by atoms with Gasteiger partial charge in [-0.25, -0.2) is 4.98 Å². The van der Waals surface area contributed by atoms with E-state index in [1.54, 1.807) is 0 Å². The van der Waals surface area contributed by atoms with E-state index in [-0.39, 0.29) is 11.9 Å². The van der Waals surface area contributed by atoms with Crippen LogP contribution in [0.2, 0.25) is 0 Å². The van der Waals surface area contributed by atoms with Crippen LogP contribution in [0, 0.1) is 0 Å². The Morgan fingerprint density at radius 2 is 2.42 bits per heavy atom. The van der Waals surface area contributed by atoms with Gasteiger partial charge in [0, 0.05) is 19.1 Å². The average molecular weight is 283 g/mol. The van der Waals surface area contributed by atoms with E-state index in [0.717, 1.165) is 32.5 Å². The largest absolute Gasteiger partial charge is 0.382 e. The number of hydrogen-bond donors (Lipinski definition) is 3. The summed E-state index contributed by atoms with van der Waals surface area (Å²) in [5.74, 6) is 0.196. The van der Waals surface area contributed by atoms with Crippen LogP contribution in [0.3, 0.4) is 0 Å². The molecule has 1 aliphatic heterocycles. The minimum Gasteiger partial charge on any atom is -0.382 e. The maximum absolute atomic E-state index is 12.2. The van der Waals surface area contributed by atoms with E-state index in [0.29, 0.717) is 15.8 Å². The van der Waals surface area contributed by atoms with Gasteiger partial charge in [0.25, 0.3) is 5.91 Å². The Kier molecular flexibility index (Phi) is 4.60. The molecule has 1 atom stereocenters. The first-order chi connectivity index (χ1) is 9.10. The number of amides is 1. The van der Waals surface area contributed by atoms with Crippen LogP contribution in [-0.2, 0) is 0 Å². The number of piperidine rings is 1. The summed E-state index contributed by atoms with van der Waals surface area (Å²) < 4.78 is 0. The van der Waals surface area contributed by atoms with Crippen LogP contribution in [0.4, 0.5) is 10.9 Å². The smallest absolute Gasteiger partial charge is 0.265 e. The maximum Gasteiger partial charge on any atom is 0.265 e. The summed E-state index contributed by atoms with van der Waals surface area (Å²) in [5, 5.41) is 6.82. The van der Waals surface area contributed by atoms with E-state index in [1.165, 1.54) is 11.3 Å². The molecular formula is C12H21N5OS. The molecule has 0 aromatic carbocycles. The van der Waals surface area contributed by atoms with Crippen LogP contribution < -0.4 is 16.4 Å². The number of likely N-dealkylation sites (tertiary alicyclic amines) is 1. The van der Waals surface area contributed by atoms with E-state index in [1.807, 2.05) is 6.92 Å². The third kappa shape index (κ3) is 3.57. The van der Waals surface area contributed by atoms with Crippen LogP contribution in [0.5, 0.6) is 0 Å². The molecule has 0 radical (unpaired) electrons. The number of carbonyl (C=O) groups is 1. The summed E-state index contributed by atoms with van der Waals surface area (Å²) in [5.41, 5.74) is 5.79. The van der Waals surface area contributed by atoms with Crippen LogP contribution in [0.1, 0.15) is 29.4 Å². The SMILES string of the molecule is CCNc1nc(N)c(C(=O)NC2CCCN(C)C2)s1. The molecule has 2 heterocycles. The Morgan fingerprint density at radius 3 is 3.11 bits per heavy atom. The summed E-state index contributed by atoms with van der Waals surface area (Å²) in [6, 6.07) is 0.204. The number of hydrogen-bond acceptors (Lipinski definition) is 6. The van der Waals surface area contributed by atoms with Crippen LogP contribution >= 0.6 is 11.3 Å². The second-order valence-corrected chi connectivity index (χ2v) is 5.84. The Morgan fingerprint density at radius 1 is 1.63 bits per heavy atom. The number of aromatic nitrogens is 1. The van der Waals surface area contributed by atoms with Gasteiger partial charge in [-0.05, 0) is 33.4 Å². The van der Waals surface area contributed by atoms with Gasteiger partial charge in [-0.15, -0.1) is 0 Å². The van der Waals surface area contributed by atoms with Crippen molar-refractivity contribution in [3.05, 3.63) is 4.88 Å². The fourth-order valence-corrected chi connectivity index (χ4v) is 3.11. The Labute approximate surface area is 117 Å². The molecule has 1 unspecified atom stereocenters. The maximum atomic E-state index is 12.2. The van der Waals surface area contributed by atoms with E-state index in [4.69, 9.17) is 5.73 Å². The first-order valence-electron chi connectivity index (χ1n) is 6.59. The lowest BCUT2D eigenvalue weighted by Gasteiger charge is -2.30. The molecule has 2 rings (SSSR count). The molecule has 19 heavy (non-hydrogen) atoms. The highest BCUT2D eigenvalue weighted by molar-refractivity contribution is 7.18. The third-order valence-corrected chi connectivity index (χ3v) is 4.17. The lowest BCUT2D eigenvalue weighted by molar-refractivity contribution is 0.0917. The van der Waals surface area contributed by atoms with Gasteiger partial charge in [-0.2, -0.15) is 0 Å². The lowest BCUT2D eigenvalue weighted by atomic mass is 10.1. The molecule has 1 aromatic heterocycles. The molecule has 0 bridgehead atoms. The number of anilines is 2. The van der Waals surface area contributed by atoms with Crippen molar-refractivity contribution in [1.29, 1.82) is 0 Å². The molecule has 1 aliphatic rings. The first kappa shape index (κ1) is 14.1. The van der Waals surface area contributed by atoms with Crippen molar-refractivity contribution in [3.8, 4) is 0 Å². The number of nitrogens with one attached hydrogen (secondary N) is 2. The number of likely N-dealkylation sites (N-methyl/N-ethyl adjacent to an activating group) is 1. The zero-order valence-corrected chi connectivity index (χ0v) is 12.2. The first-order valence-corrected chi connectivity index (χ1v) is 7.41. The van der Waals surface area contributed by atoms with Gasteiger partial charge in [0.2, 0.25) is 0 Å². The molecule has 1 fully saturated rings. The Hall–Kier alpha value is -1.34. The Bertz CT molecular complexity index is 447. The van der Waals surface area contributed by atoms with Gasteiger partial charge in [0.05, 0.1) is 0 Å². The van der Waals surface area contributed by atoms with Gasteiger partial charge in [0.15, 0.2) is 5.13 Å². The number of nitrogens with zero attached hydrogens (tertiary/aromatic N) is 2. The highest BCUT2D eigenvalue weighted by Crippen LogP contribution is 2.25. The van der Waals surface area contributed by atoms with Crippen molar-refractivity contribution in [1.82, 2.24) is 15.2 Å². The number of carbonyl (C=O) groups excluding carboxylic acids is 1. The van der Waals surface area contributed by atoms with Crippen molar-refractivity contribution in [2.45, 2.75) is 25.8 Å². The topological polar surface area (TPSA) is 83.3 Å². The van der Waals surface area contributed by atoms with Gasteiger partial charge in [-0.1, -0.05) is 11.3 Å². The molecule has 7 heteroatoms. The summed E-state index contributed by atoms with van der Waals surface area (Å²) in [6.07, 6.45) is 2.14. The summed E-state index contributed by atoms with van der Waals surface area (Å²) in [6.45, 7) is 4.74. The van der Waals surface area contributed by atoms with Crippen molar-refractivity contribution in [2.75, 3.05) is 37.7 Å². The predicted octanol–water partition coefficient (Wildman–Crippen LogP) is 0.981. The van der Waals surface area contributed by atoms with E-state index in [2.05, 4.69) is 27.6 Å². The molecule has 0 aliphatic carbocycles. The number of nitrogens with two attached hydrogens (primary N) is 1. The predicted molar refractivity (Wildman–Crippen MR) is 78.7 cm³/mol. The number of nitrogen functional groups attached to an aromatic ring is 1. The van der Waals surface area contributed by atoms with Gasteiger partial charge in [0.1, 0.15) is 10.7 Å². The normalized spacial score (nSPS) is 20.2. The average Bonchev–Trinajstić information content (AvgIpc) is 2.71. The van der Waals surface area contributed by atoms with E-state index in [9.17, 15) is 4.79 Å². The van der Waals surface area contributed by atoms with Crippen molar-refractivity contribution in [2.24, 2.45) is 0 Å². The second kappa shape index (κ2) is 6.21. The minimum atomic E-state index is -0.112. The van der Waals surface area contributed by atoms with Crippen molar-refractivity contribution < 1.29 is 4.79 Å². The molecule has 106 valence electrons. The van der Waals surface area contributed by atoms with Crippen LogP contribution in [0.25, 0.3) is 0 Å². The third-order valence-electron chi connectivity index (χ3n) is 3.15. The molecule has 1 saturated heterocycles. The van der Waals surface area contributed by atoms with Gasteiger partial charge < -0.3 is 21.3 Å². The molecule has 0 saturated carbocycles. The van der Waals surface area contributed by atoms with Gasteiger partial charge in [-0.3, -0.25) is 4.79 Å². The zero-order valence-electron chi connectivity index (χ0n) is 11.4. The fraction of sp³-hybridized carbons (Fsp3) is 0.667. The van der Waals surface area contributed by atoms with E-state index < -0.39 is 0 Å². The summed E-state index contributed by atoms with van der Waals surface area (Å²) >= 11 is 1.31. The number of rotatable bonds is 4. The molecule has 6 nitrogen and oxygen atoms in total. The highest BCUT2D eigenvalue weighted by atomic mass is 32.1. The molecule has 4 N–H and O–H groups in total. The lowest BCUT2D eigenvalue weighted by Crippen LogP contribution is -2.46. The molecule has 1 amide bonds. The monoisotopic (exact) mass is 283 g/mol. The van der Waals surface area contributed by atoms with Crippen molar-refractivity contribution >= 4 is 28.2 Å². The molecule has 0 spiro atoms. The fourth-order valence-electron chi connectivity index (χ4n) is 2.26. The van der Waals surface area contributed by atoms with Crippen LogP contribution in [0.15, 0.2) is 0 Å². The molecular weight excluding hydrogens is 262 g/mol.